The second-order valence-corrected chi connectivity index (χ2v) is 7.86. The Kier molecular flexibility index (Phi) is 5.53. The predicted octanol–water partition coefficient (Wildman–Crippen LogP) is 3.71. The summed E-state index contributed by atoms with van der Waals surface area (Å²) in [5.74, 6) is 0.595. The van der Waals surface area contributed by atoms with E-state index >= 15 is 0 Å². The Balaban J connectivity index is 1.54. The molecule has 1 N–H and O–H groups in total. The number of pyridine rings is 1. The number of terminal acetylenes is 1. The maximum atomic E-state index is 12.6. The van der Waals surface area contributed by atoms with Crippen LogP contribution in [0.1, 0.15) is 31.7 Å². The van der Waals surface area contributed by atoms with Crippen LogP contribution in [0, 0.1) is 18.4 Å². The molecule has 0 saturated heterocycles. The summed E-state index contributed by atoms with van der Waals surface area (Å²) >= 11 is 0. The molecule has 2 heterocycles. The van der Waals surface area contributed by atoms with Crippen LogP contribution < -0.4 is 10.8 Å². The molecule has 0 spiro atoms. The van der Waals surface area contributed by atoms with Crippen molar-refractivity contribution in [1.29, 1.82) is 0 Å². The summed E-state index contributed by atoms with van der Waals surface area (Å²) in [6.45, 7) is 2.42. The number of hydrogen-bond acceptors (Lipinski definition) is 3. The molecular weight excluding hydrogens is 374 g/mol. The molecule has 6 heteroatoms. The summed E-state index contributed by atoms with van der Waals surface area (Å²) in [7, 11) is 1.84. The fourth-order valence-electron chi connectivity index (χ4n) is 3.77. The lowest BCUT2D eigenvalue weighted by Crippen LogP contribution is -2.22. The largest absolute Gasteiger partial charge is 0.335 e. The third kappa shape index (κ3) is 4.20. The molecule has 0 bridgehead atoms. The van der Waals surface area contributed by atoms with Gasteiger partial charge in [-0.25, -0.2) is 0 Å². The van der Waals surface area contributed by atoms with Crippen LogP contribution in [-0.4, -0.2) is 20.3 Å². The number of allylic oxidation sites excluding steroid dienone is 2. The van der Waals surface area contributed by atoms with Crippen molar-refractivity contribution in [3.63, 3.8) is 0 Å². The number of aromatic nitrogens is 3. The summed E-state index contributed by atoms with van der Waals surface area (Å²) in [6, 6.07) is 12.2. The SMILES string of the molecule is C#CN=c1cc(NC(=O)Cn2ncc3ccc(C4=CCC(C)CC4)cc32)ccn1C. The van der Waals surface area contributed by atoms with E-state index in [1.54, 1.807) is 27.7 Å². The number of anilines is 1. The molecule has 0 saturated carbocycles. The predicted molar refractivity (Wildman–Crippen MR) is 119 cm³/mol. The van der Waals surface area contributed by atoms with Crippen LogP contribution in [0.2, 0.25) is 0 Å². The van der Waals surface area contributed by atoms with Gasteiger partial charge in [-0.15, -0.1) is 0 Å². The molecule has 0 fully saturated rings. The number of amides is 1. The number of nitrogens with one attached hydrogen (secondary N) is 1. The number of rotatable bonds is 4. The third-order valence-corrected chi connectivity index (χ3v) is 5.57. The summed E-state index contributed by atoms with van der Waals surface area (Å²) in [6.07, 6.45) is 14.6. The number of carbonyl (C=O) groups excluding carboxylic acids is 1. The minimum Gasteiger partial charge on any atom is -0.335 e. The molecular formula is C24H25N5O. The Labute approximate surface area is 175 Å². The number of hydrogen-bond donors (Lipinski definition) is 1. The van der Waals surface area contributed by atoms with Crippen molar-refractivity contribution in [3.05, 3.63) is 59.9 Å². The summed E-state index contributed by atoms with van der Waals surface area (Å²) in [5, 5.41) is 8.35. The van der Waals surface area contributed by atoms with Gasteiger partial charge in [0.2, 0.25) is 5.91 Å². The first-order valence-corrected chi connectivity index (χ1v) is 10.1. The molecule has 1 amide bonds. The number of fused-ring (bicyclic) bond motifs is 1. The number of benzene rings is 1. The topological polar surface area (TPSA) is 64.2 Å². The molecule has 3 aromatic rings. The Bertz CT molecular complexity index is 1240. The van der Waals surface area contributed by atoms with E-state index in [1.807, 2.05) is 13.1 Å². The van der Waals surface area contributed by atoms with Crippen LogP contribution >= 0.6 is 0 Å². The molecule has 0 aliphatic heterocycles. The zero-order valence-corrected chi connectivity index (χ0v) is 17.3. The van der Waals surface area contributed by atoms with Crippen LogP contribution in [0.3, 0.4) is 0 Å². The molecule has 4 rings (SSSR count). The van der Waals surface area contributed by atoms with Gasteiger partial charge in [-0.2, -0.15) is 10.1 Å². The van der Waals surface area contributed by atoms with Gasteiger partial charge in [0.1, 0.15) is 12.0 Å². The van der Waals surface area contributed by atoms with Gasteiger partial charge in [0.15, 0.2) is 0 Å². The van der Waals surface area contributed by atoms with E-state index in [0.29, 0.717) is 11.2 Å². The molecule has 2 aromatic heterocycles. The van der Waals surface area contributed by atoms with Gasteiger partial charge in [-0.1, -0.05) is 31.6 Å². The van der Waals surface area contributed by atoms with E-state index in [0.717, 1.165) is 29.7 Å². The Morgan fingerprint density at radius 3 is 3.00 bits per heavy atom. The highest BCUT2D eigenvalue weighted by Crippen LogP contribution is 2.31. The van der Waals surface area contributed by atoms with E-state index in [2.05, 4.69) is 52.7 Å². The zero-order valence-electron chi connectivity index (χ0n) is 17.3. The Hall–Kier alpha value is -3.59. The summed E-state index contributed by atoms with van der Waals surface area (Å²) in [5.41, 5.74) is 4.80. The van der Waals surface area contributed by atoms with Crippen molar-refractivity contribution in [1.82, 2.24) is 14.3 Å². The average molecular weight is 399 g/mol. The molecule has 6 nitrogen and oxygen atoms in total. The first-order chi connectivity index (χ1) is 14.5. The Morgan fingerprint density at radius 1 is 1.37 bits per heavy atom. The first-order valence-electron chi connectivity index (χ1n) is 10.1. The highest BCUT2D eigenvalue weighted by Gasteiger charge is 2.14. The van der Waals surface area contributed by atoms with Crippen molar-refractivity contribution in [2.75, 3.05) is 5.32 Å². The van der Waals surface area contributed by atoms with Crippen molar-refractivity contribution in [2.45, 2.75) is 32.7 Å². The lowest BCUT2D eigenvalue weighted by Gasteiger charge is -2.18. The third-order valence-electron chi connectivity index (χ3n) is 5.57. The second-order valence-electron chi connectivity index (χ2n) is 7.86. The van der Waals surface area contributed by atoms with E-state index in [4.69, 9.17) is 6.42 Å². The number of carbonyl (C=O) groups is 1. The monoisotopic (exact) mass is 399 g/mol. The van der Waals surface area contributed by atoms with Gasteiger partial charge in [-0.05, 0) is 48.4 Å². The average Bonchev–Trinajstić information content (AvgIpc) is 3.13. The minimum atomic E-state index is -0.156. The van der Waals surface area contributed by atoms with Crippen LogP contribution in [-0.2, 0) is 18.4 Å². The lowest BCUT2D eigenvalue weighted by molar-refractivity contribution is -0.116. The smallest absolute Gasteiger partial charge is 0.246 e. The van der Waals surface area contributed by atoms with Gasteiger partial charge in [0.25, 0.3) is 0 Å². The highest BCUT2D eigenvalue weighted by atomic mass is 16.2. The summed E-state index contributed by atoms with van der Waals surface area (Å²) in [4.78, 5) is 16.6. The molecule has 0 radical (unpaired) electrons. The van der Waals surface area contributed by atoms with Crippen molar-refractivity contribution in [3.8, 4) is 12.5 Å². The minimum absolute atomic E-state index is 0.131. The zero-order chi connectivity index (χ0) is 21.1. The molecule has 152 valence electrons. The molecule has 1 aromatic carbocycles. The first kappa shape index (κ1) is 19.7. The molecule has 30 heavy (non-hydrogen) atoms. The number of nitrogens with zero attached hydrogens (tertiary/aromatic N) is 4. The van der Waals surface area contributed by atoms with Crippen molar-refractivity contribution >= 4 is 28.1 Å². The second kappa shape index (κ2) is 8.42. The number of aryl methyl sites for hydroxylation is 1. The van der Waals surface area contributed by atoms with Gasteiger partial charge < -0.3 is 9.88 Å². The fraction of sp³-hybridized carbons (Fsp3) is 0.292. The standard InChI is InChI=1S/C24H25N5O/c1-4-25-23-14-21(11-12-28(23)3)27-24(30)16-29-22-13-19(9-10-20(22)15-26-29)18-7-5-17(2)6-8-18/h1,7,9-15,17H,5-6,8,16H2,2-3H3,(H,27,30). The van der Waals surface area contributed by atoms with Gasteiger partial charge in [0, 0.05) is 36.4 Å². The maximum Gasteiger partial charge on any atom is 0.246 e. The normalized spacial score (nSPS) is 16.9. The van der Waals surface area contributed by atoms with Crippen LogP contribution in [0.25, 0.3) is 16.5 Å². The Morgan fingerprint density at radius 2 is 2.23 bits per heavy atom. The van der Waals surface area contributed by atoms with Crippen LogP contribution in [0.4, 0.5) is 5.69 Å². The van der Waals surface area contributed by atoms with Crippen LogP contribution in [0.5, 0.6) is 0 Å². The van der Waals surface area contributed by atoms with E-state index in [-0.39, 0.29) is 12.5 Å². The maximum absolute atomic E-state index is 12.6. The highest BCUT2D eigenvalue weighted by molar-refractivity contribution is 5.92. The van der Waals surface area contributed by atoms with Crippen molar-refractivity contribution < 1.29 is 4.79 Å². The van der Waals surface area contributed by atoms with E-state index < -0.39 is 0 Å². The van der Waals surface area contributed by atoms with Gasteiger partial charge in [0.05, 0.1) is 11.7 Å². The lowest BCUT2D eigenvalue weighted by atomic mass is 9.87. The van der Waals surface area contributed by atoms with Crippen LogP contribution in [0.15, 0.2) is 53.8 Å². The molecule has 1 aliphatic rings. The quantitative estimate of drug-likeness (QED) is 0.680. The molecule has 1 atom stereocenters. The molecule has 1 unspecified atom stereocenters. The molecule has 1 aliphatic carbocycles. The summed E-state index contributed by atoms with van der Waals surface area (Å²) < 4.78 is 3.54. The van der Waals surface area contributed by atoms with Crippen molar-refractivity contribution in [2.24, 2.45) is 18.0 Å². The van der Waals surface area contributed by atoms with Gasteiger partial charge in [-0.3, -0.25) is 9.48 Å². The fourth-order valence-corrected chi connectivity index (χ4v) is 3.77. The van der Waals surface area contributed by atoms with E-state index in [9.17, 15) is 4.79 Å². The van der Waals surface area contributed by atoms with Gasteiger partial charge >= 0.3 is 0 Å². The van der Waals surface area contributed by atoms with E-state index in [1.165, 1.54) is 17.6 Å².